The molecule has 0 saturated heterocycles. The quantitative estimate of drug-likeness (QED) is 0.926. The van der Waals surface area contributed by atoms with Crippen LogP contribution >= 0.6 is 0 Å². The minimum absolute atomic E-state index is 0.0220. The molecule has 4 saturated carbocycles. The summed E-state index contributed by atoms with van der Waals surface area (Å²) < 4.78 is 6.87. The van der Waals surface area contributed by atoms with Crippen LogP contribution in [0.25, 0.3) is 0 Å². The second-order valence-electron chi connectivity index (χ2n) is 7.98. The zero-order valence-electron chi connectivity index (χ0n) is 13.5. The van der Waals surface area contributed by atoms with E-state index in [1.165, 1.54) is 12.7 Å². The van der Waals surface area contributed by atoms with Crippen LogP contribution in [0.4, 0.5) is 0 Å². The van der Waals surface area contributed by atoms with Gasteiger partial charge in [0.1, 0.15) is 24.6 Å². The number of carbonyl (C=O) groups is 1. The van der Waals surface area contributed by atoms with Gasteiger partial charge in [0.25, 0.3) is 0 Å². The molecule has 2 atom stereocenters. The number of nitrogens with zero attached hydrogens (tertiary/aromatic N) is 4. The number of nitrogens with one attached hydrogen (secondary N) is 1. The fourth-order valence-electron chi connectivity index (χ4n) is 5.89. The summed E-state index contributed by atoms with van der Waals surface area (Å²) >= 11 is 0. The van der Waals surface area contributed by atoms with Gasteiger partial charge in [-0.15, -0.1) is 0 Å². The van der Waals surface area contributed by atoms with Crippen molar-refractivity contribution >= 4 is 5.91 Å². The van der Waals surface area contributed by atoms with Gasteiger partial charge in [-0.3, -0.25) is 4.79 Å². The zero-order valence-corrected chi connectivity index (χ0v) is 13.5. The SMILES string of the molecule is O=C(NCc1ccon1)C12CC3CC(C1)CC(n1cncn1)(C3)C2. The molecule has 0 spiro atoms. The molecule has 6 rings (SSSR count). The predicted molar refractivity (Wildman–Crippen MR) is 83.5 cm³/mol. The van der Waals surface area contributed by atoms with Crippen molar-refractivity contribution in [3.63, 3.8) is 0 Å². The molecule has 4 fully saturated rings. The highest BCUT2D eigenvalue weighted by atomic mass is 16.5. The highest BCUT2D eigenvalue weighted by Gasteiger charge is 2.61. The van der Waals surface area contributed by atoms with E-state index in [1.807, 2.05) is 11.0 Å². The molecule has 2 aromatic rings. The molecule has 1 N–H and O–H groups in total. The molecule has 0 radical (unpaired) electrons. The lowest BCUT2D eigenvalue weighted by Crippen LogP contribution is -2.61. The number of hydrogen-bond donors (Lipinski definition) is 1. The van der Waals surface area contributed by atoms with Crippen LogP contribution in [0.15, 0.2) is 29.5 Å². The second-order valence-corrected chi connectivity index (χ2v) is 7.98. The van der Waals surface area contributed by atoms with Crippen molar-refractivity contribution in [2.75, 3.05) is 0 Å². The van der Waals surface area contributed by atoms with Crippen molar-refractivity contribution in [1.82, 2.24) is 25.2 Å². The standard InChI is InChI=1S/C17H21N5O2/c23-15(19-8-14-1-2-24-21-14)16-4-12-3-13(5-16)7-17(6-12,9-16)22-11-18-10-20-22/h1-2,10-13H,3-9H2,(H,19,23). The molecule has 4 aliphatic rings. The molecule has 4 aliphatic carbocycles. The zero-order chi connectivity index (χ0) is 16.2. The molecule has 2 unspecified atom stereocenters. The third-order valence-corrected chi connectivity index (χ3v) is 6.34. The Kier molecular flexibility index (Phi) is 2.90. The maximum atomic E-state index is 13.1. The number of amides is 1. The van der Waals surface area contributed by atoms with Gasteiger partial charge in [0.05, 0.1) is 17.5 Å². The fourth-order valence-corrected chi connectivity index (χ4v) is 5.89. The normalized spacial score (nSPS) is 36.8. The summed E-state index contributed by atoms with van der Waals surface area (Å²) in [6, 6.07) is 1.79. The number of rotatable bonds is 4. The lowest BCUT2D eigenvalue weighted by atomic mass is 9.46. The van der Waals surface area contributed by atoms with Crippen LogP contribution in [-0.4, -0.2) is 25.8 Å². The third-order valence-electron chi connectivity index (χ3n) is 6.34. The summed E-state index contributed by atoms with van der Waals surface area (Å²) in [7, 11) is 0. The molecule has 4 bridgehead atoms. The van der Waals surface area contributed by atoms with Crippen molar-refractivity contribution in [3.8, 4) is 0 Å². The number of hydrogen-bond acceptors (Lipinski definition) is 5. The van der Waals surface area contributed by atoms with Gasteiger partial charge in [-0.2, -0.15) is 5.10 Å². The van der Waals surface area contributed by atoms with Crippen LogP contribution in [-0.2, 0) is 16.9 Å². The maximum absolute atomic E-state index is 13.1. The van der Waals surface area contributed by atoms with Crippen molar-refractivity contribution in [1.29, 1.82) is 0 Å². The highest BCUT2D eigenvalue weighted by molar-refractivity contribution is 5.83. The predicted octanol–water partition coefficient (Wildman–Crippen LogP) is 1.88. The number of aromatic nitrogens is 4. The molecule has 2 aromatic heterocycles. The van der Waals surface area contributed by atoms with E-state index in [0.29, 0.717) is 18.4 Å². The smallest absolute Gasteiger partial charge is 0.226 e. The summed E-state index contributed by atoms with van der Waals surface area (Å²) in [4.78, 5) is 17.2. The Labute approximate surface area is 139 Å². The molecule has 2 heterocycles. The Morgan fingerprint density at radius 2 is 2.17 bits per heavy atom. The second kappa shape index (κ2) is 4.91. The molecule has 0 aromatic carbocycles. The van der Waals surface area contributed by atoms with Crippen LogP contribution in [0.1, 0.15) is 44.2 Å². The Morgan fingerprint density at radius 3 is 2.83 bits per heavy atom. The van der Waals surface area contributed by atoms with Crippen LogP contribution < -0.4 is 5.32 Å². The summed E-state index contributed by atoms with van der Waals surface area (Å²) in [6.07, 6.45) is 11.4. The van der Waals surface area contributed by atoms with Crippen molar-refractivity contribution in [2.24, 2.45) is 17.3 Å². The van der Waals surface area contributed by atoms with Crippen LogP contribution in [0, 0.1) is 17.3 Å². The first-order valence-corrected chi connectivity index (χ1v) is 8.70. The Hall–Kier alpha value is -2.18. The van der Waals surface area contributed by atoms with Gasteiger partial charge in [-0.25, -0.2) is 9.67 Å². The molecule has 7 nitrogen and oxygen atoms in total. The van der Waals surface area contributed by atoms with Crippen LogP contribution in [0.3, 0.4) is 0 Å². The topological polar surface area (TPSA) is 85.8 Å². The summed E-state index contributed by atoms with van der Waals surface area (Å²) in [5.74, 6) is 1.41. The van der Waals surface area contributed by atoms with Gasteiger partial charge in [0.2, 0.25) is 5.91 Å². The molecule has 126 valence electrons. The largest absolute Gasteiger partial charge is 0.364 e. The van der Waals surface area contributed by atoms with Crippen LogP contribution in [0.2, 0.25) is 0 Å². The highest BCUT2D eigenvalue weighted by Crippen LogP contribution is 2.64. The first kappa shape index (κ1) is 14.2. The maximum Gasteiger partial charge on any atom is 0.226 e. The van der Waals surface area contributed by atoms with E-state index in [9.17, 15) is 4.79 Å². The summed E-state index contributed by atoms with van der Waals surface area (Å²) in [5.41, 5.74) is 0.477. The first-order valence-electron chi connectivity index (χ1n) is 8.70. The first-order chi connectivity index (χ1) is 11.7. The molecule has 1 amide bonds. The van der Waals surface area contributed by atoms with Crippen molar-refractivity contribution in [3.05, 3.63) is 30.7 Å². The Balaban J connectivity index is 1.42. The van der Waals surface area contributed by atoms with E-state index in [2.05, 4.69) is 20.6 Å². The van der Waals surface area contributed by atoms with E-state index < -0.39 is 0 Å². The van der Waals surface area contributed by atoms with E-state index in [0.717, 1.165) is 37.8 Å². The minimum Gasteiger partial charge on any atom is -0.364 e. The van der Waals surface area contributed by atoms with Gasteiger partial charge < -0.3 is 9.84 Å². The van der Waals surface area contributed by atoms with E-state index in [1.54, 1.807) is 12.4 Å². The van der Waals surface area contributed by atoms with Gasteiger partial charge in [0, 0.05) is 6.07 Å². The minimum atomic E-state index is -0.264. The molecule has 0 aliphatic heterocycles. The Bertz CT molecular complexity index is 725. The molecular weight excluding hydrogens is 306 g/mol. The lowest BCUT2D eigenvalue weighted by Gasteiger charge is -2.60. The summed E-state index contributed by atoms with van der Waals surface area (Å²) in [5, 5.41) is 11.4. The van der Waals surface area contributed by atoms with E-state index >= 15 is 0 Å². The van der Waals surface area contributed by atoms with Crippen LogP contribution in [0.5, 0.6) is 0 Å². The lowest BCUT2D eigenvalue weighted by molar-refractivity contribution is -0.156. The van der Waals surface area contributed by atoms with E-state index in [-0.39, 0.29) is 16.9 Å². The molecule has 24 heavy (non-hydrogen) atoms. The average Bonchev–Trinajstić information content (AvgIpc) is 3.25. The van der Waals surface area contributed by atoms with E-state index in [4.69, 9.17) is 4.52 Å². The summed E-state index contributed by atoms with van der Waals surface area (Å²) in [6.45, 7) is 0.433. The Morgan fingerprint density at radius 1 is 1.33 bits per heavy atom. The molecule has 7 heteroatoms. The van der Waals surface area contributed by atoms with Crippen molar-refractivity contribution < 1.29 is 9.32 Å². The monoisotopic (exact) mass is 327 g/mol. The molecular formula is C17H21N5O2. The van der Waals surface area contributed by atoms with Gasteiger partial charge in [0.15, 0.2) is 0 Å². The average molecular weight is 327 g/mol. The third kappa shape index (κ3) is 2.03. The van der Waals surface area contributed by atoms with Crippen molar-refractivity contribution in [2.45, 2.75) is 50.6 Å². The van der Waals surface area contributed by atoms with Gasteiger partial charge in [-0.1, -0.05) is 5.16 Å². The van der Waals surface area contributed by atoms with Gasteiger partial charge >= 0.3 is 0 Å². The number of carbonyl (C=O) groups excluding carboxylic acids is 1. The van der Waals surface area contributed by atoms with Gasteiger partial charge in [-0.05, 0) is 50.4 Å². The fraction of sp³-hybridized carbons (Fsp3) is 0.647.